The second-order valence-corrected chi connectivity index (χ2v) is 26.3. The number of nitrogens with one attached hydrogen (secondary N) is 7. The maximum Gasteiger partial charge on any atom is 0.323 e. The average molecular weight is 667 g/mol. The van der Waals surface area contributed by atoms with Gasteiger partial charge in [-0.25, -0.2) is 0 Å². The van der Waals surface area contributed by atoms with Crippen LogP contribution in [0.4, 0.5) is 0 Å². The molecule has 22 heteroatoms. The maximum atomic E-state index is 11.0. The van der Waals surface area contributed by atoms with Crippen molar-refractivity contribution in [1.29, 1.82) is 0 Å². The molecular weight excluding hydrogens is 613 g/mol. The molecule has 0 aliphatic carbocycles. The van der Waals surface area contributed by atoms with E-state index < -0.39 is 96.0 Å². The van der Waals surface area contributed by atoms with Crippen LogP contribution in [0.25, 0.3) is 0 Å². The van der Waals surface area contributed by atoms with Crippen molar-refractivity contribution in [3.63, 3.8) is 0 Å². The second kappa shape index (κ2) is 22.8. The van der Waals surface area contributed by atoms with Gasteiger partial charge in [0.25, 0.3) is 0 Å². The summed E-state index contributed by atoms with van der Waals surface area (Å²) in [5, 5.41) is 37.6. The molecule has 1 heterocycles. The van der Waals surface area contributed by atoms with Gasteiger partial charge in [-0.05, 0) is 59.5 Å². The van der Waals surface area contributed by atoms with Crippen LogP contribution < -0.4 is 38.3 Å². The highest BCUT2D eigenvalue weighted by Gasteiger charge is 2.27. The van der Waals surface area contributed by atoms with E-state index in [-0.39, 0.29) is 18.3 Å². The molecule has 0 radical (unpaired) electrons. The van der Waals surface area contributed by atoms with Crippen LogP contribution in [0.3, 0.4) is 0 Å². The van der Waals surface area contributed by atoms with Crippen molar-refractivity contribution < 1.29 is 28.6 Å². The quantitative estimate of drug-likeness (QED) is 0.0582. The molecule has 1 fully saturated rings. The van der Waals surface area contributed by atoms with Crippen molar-refractivity contribution in [3.8, 4) is 0 Å². The third kappa shape index (κ3) is 19.8. The second-order valence-electron chi connectivity index (χ2n) is 9.62. The summed E-state index contributed by atoms with van der Waals surface area (Å²) in [5.74, 6) is 0. The predicted molar refractivity (Wildman–Crippen MR) is 171 cm³/mol. The van der Waals surface area contributed by atoms with Crippen LogP contribution >= 0.6 is 0 Å². The lowest BCUT2D eigenvalue weighted by atomic mass is 9.98. The Morgan fingerprint density at radius 1 is 1.16 bits per heavy atom. The number of hydrogen-bond acceptors (Lipinski definition) is 14. The predicted octanol–water partition coefficient (Wildman–Crippen LogP) is -9.50. The molecule has 1 aliphatic heterocycles. The van der Waals surface area contributed by atoms with Crippen LogP contribution in [0.5, 0.6) is 0 Å². The molecule has 1 aliphatic rings. The van der Waals surface area contributed by atoms with E-state index in [0.29, 0.717) is 32.1 Å². The van der Waals surface area contributed by atoms with E-state index in [0.717, 1.165) is 0 Å². The highest BCUT2D eigenvalue weighted by molar-refractivity contribution is 6.69. The fourth-order valence-corrected chi connectivity index (χ4v) is 20.3. The Morgan fingerprint density at radius 2 is 1.92 bits per heavy atom. The summed E-state index contributed by atoms with van der Waals surface area (Å²) >= 11 is 0. The summed E-state index contributed by atoms with van der Waals surface area (Å²) in [5.41, 5.74) is 0. The topological polar surface area (TPSA) is 199 Å². The summed E-state index contributed by atoms with van der Waals surface area (Å²) in [6.45, 7) is 5.89. The minimum Gasteiger partial charge on any atom is -0.406 e. The number of rotatable bonds is 15. The lowest BCUT2D eigenvalue weighted by Crippen LogP contribution is -2.61. The zero-order chi connectivity index (χ0) is 27.5. The normalized spacial score (nSPS) is 31.9. The fourth-order valence-electron chi connectivity index (χ4n) is 4.15. The van der Waals surface area contributed by atoms with Crippen LogP contribution in [-0.4, -0.2) is 137 Å². The molecule has 1 rings (SSSR count). The zero-order valence-electron chi connectivity index (χ0n) is 23.0. The van der Waals surface area contributed by atoms with Gasteiger partial charge in [0, 0.05) is 6.10 Å². The first-order chi connectivity index (χ1) is 17.7. The maximum absolute atomic E-state index is 11.0. The number of nitrogens with two attached hydrogens (primary N) is 1. The van der Waals surface area contributed by atoms with E-state index in [4.69, 9.17) is 18.7 Å². The van der Waals surface area contributed by atoms with Gasteiger partial charge in [-0.15, -0.1) is 0 Å². The van der Waals surface area contributed by atoms with Gasteiger partial charge >= 0.3 is 9.36 Å². The molecule has 0 aromatic carbocycles. The Labute approximate surface area is 240 Å². The Kier molecular flexibility index (Phi) is 22.3. The number of hydrogen-bond donors (Lipinski definition) is 11. The Bertz CT molecular complexity index is 563. The van der Waals surface area contributed by atoms with E-state index in [1.165, 1.54) is 0 Å². The van der Waals surface area contributed by atoms with E-state index in [9.17, 15) is 15.3 Å². The molecule has 14 nitrogen and oxygen atoms in total. The van der Waals surface area contributed by atoms with E-state index >= 15 is 0 Å². The van der Waals surface area contributed by atoms with Gasteiger partial charge in [0.1, 0.15) is 0 Å². The highest BCUT2D eigenvalue weighted by Crippen LogP contribution is 2.19. The first kappa shape index (κ1) is 36.2. The molecule has 0 aromatic rings. The molecule has 0 saturated carbocycles. The summed E-state index contributed by atoms with van der Waals surface area (Å²) in [4.78, 5) is 3.16. The molecule has 0 amide bonds. The van der Waals surface area contributed by atoms with E-state index in [1.54, 1.807) is 6.92 Å². The van der Waals surface area contributed by atoms with Crippen molar-refractivity contribution in [1.82, 2.24) is 32.9 Å². The summed E-state index contributed by atoms with van der Waals surface area (Å²) in [6, 6.07) is 0. The average Bonchev–Trinajstić information content (AvgIpc) is 2.80. The van der Waals surface area contributed by atoms with Gasteiger partial charge < -0.3 is 66.9 Å². The van der Waals surface area contributed by atoms with Crippen LogP contribution in [0, 0.1) is 0 Å². The van der Waals surface area contributed by atoms with Crippen molar-refractivity contribution in [3.05, 3.63) is 0 Å². The van der Waals surface area contributed by atoms with Crippen LogP contribution in [0.15, 0.2) is 0 Å². The largest absolute Gasteiger partial charge is 0.406 e. The number of aliphatic hydroxyl groups is 3. The molecule has 8 unspecified atom stereocenters. The van der Waals surface area contributed by atoms with E-state index in [2.05, 4.69) is 39.4 Å². The van der Waals surface area contributed by atoms with Gasteiger partial charge in [0.05, 0.1) is 30.5 Å². The van der Waals surface area contributed by atoms with Crippen LogP contribution in [0.1, 0.15) is 46.0 Å². The summed E-state index contributed by atoms with van der Waals surface area (Å²) < 4.78 is 39.8. The monoisotopic (exact) mass is 666 g/mol. The Hall–Kier alpha value is 1.18. The number of aliphatic hydroxyl groups excluding tert-OH is 3. The standard InChI is InChI=1S/C15H54N8O6Si8/c1-10(24)5-14(27-35-20-31-17-3)7-13(26)9-15-8-12(25)6-11(2)28-36(4)21-33-19-34-23-37(29-15)22-32-18-30-16/h10-15,17-26,36-37H,5-9,16,30-35H2,1-4H3. The third-order valence-electron chi connectivity index (χ3n) is 5.78. The lowest BCUT2D eigenvalue weighted by Gasteiger charge is -2.31. The van der Waals surface area contributed by atoms with Gasteiger partial charge in [-0.1, -0.05) is 0 Å². The van der Waals surface area contributed by atoms with Crippen LogP contribution in [-0.2, 0) is 13.3 Å². The molecule has 37 heavy (non-hydrogen) atoms. The highest BCUT2D eigenvalue weighted by atomic mass is 28.4. The first-order valence-corrected chi connectivity index (χ1v) is 25.7. The summed E-state index contributed by atoms with van der Waals surface area (Å²) in [6.07, 6.45) is -0.0499. The van der Waals surface area contributed by atoms with Gasteiger partial charge in [-0.2, -0.15) is 0 Å². The minimum absolute atomic E-state index is 0.0400. The Balaban J connectivity index is 2.86. The molecule has 0 aromatic heterocycles. The molecule has 1 saturated heterocycles. The van der Waals surface area contributed by atoms with Gasteiger partial charge in [-0.3, -0.25) is 0 Å². The van der Waals surface area contributed by atoms with Crippen LogP contribution in [0.2, 0.25) is 6.55 Å². The Morgan fingerprint density at radius 3 is 2.62 bits per heavy atom. The smallest absolute Gasteiger partial charge is 0.323 e. The minimum atomic E-state index is -1.96. The zero-order valence-corrected chi connectivity index (χ0v) is 33.8. The first-order valence-electron chi connectivity index (χ1n) is 13.4. The molecule has 8 atom stereocenters. The molecule has 12 N–H and O–H groups in total. The van der Waals surface area contributed by atoms with Crippen molar-refractivity contribution in [2.45, 2.75) is 89.1 Å². The lowest BCUT2D eigenvalue weighted by molar-refractivity contribution is 0.0146. The third-order valence-corrected chi connectivity index (χ3v) is 22.0. The fraction of sp³-hybridized carbons (Fsp3) is 1.00. The molecular formula is C15H54N8O6Si8. The van der Waals surface area contributed by atoms with Crippen molar-refractivity contribution >= 4 is 77.7 Å². The summed E-state index contributed by atoms with van der Waals surface area (Å²) in [7, 11) is -5.71. The molecule has 222 valence electrons. The van der Waals surface area contributed by atoms with E-state index in [1.807, 2.05) is 14.0 Å². The van der Waals surface area contributed by atoms with Gasteiger partial charge in [0.15, 0.2) is 49.2 Å². The van der Waals surface area contributed by atoms with Crippen molar-refractivity contribution in [2.75, 3.05) is 7.05 Å². The SMILES string of the molecule is CN[SiH2]N[SiH2]OC(CC(C)O)CC(O)CC1CC(O)CC(C)O[SiH](C)N[SiH2]N[SiH2]N[SiH](N[SiH2]N[SiH2]N)O1. The van der Waals surface area contributed by atoms with Gasteiger partial charge in [0.2, 0.25) is 19.1 Å². The van der Waals surface area contributed by atoms with Crippen molar-refractivity contribution in [2.24, 2.45) is 5.40 Å². The molecule has 0 bridgehead atoms. The molecule has 0 spiro atoms.